The molecule has 3 aliphatic heterocycles. The number of para-hydroxylation sites is 1. The first-order chi connectivity index (χ1) is 33.3. The lowest BCUT2D eigenvalue weighted by atomic mass is 9.75. The number of aliphatic hydroxyl groups is 4. The topological polar surface area (TPSA) is 236 Å². The fourth-order valence-corrected chi connectivity index (χ4v) is 10.8. The van der Waals surface area contributed by atoms with Crippen LogP contribution in [0.4, 0.5) is 10.7 Å². The van der Waals surface area contributed by atoms with Crippen LogP contribution in [-0.4, -0.2) is 178 Å². The molecule has 0 spiro atoms. The summed E-state index contributed by atoms with van der Waals surface area (Å²) in [5, 5.41) is 55.4. The molecule has 18 atom stereocenters. The second-order valence-corrected chi connectivity index (χ2v) is 21.1. The number of hydrogen-bond donors (Lipinski definition) is 6. The van der Waals surface area contributed by atoms with Crippen LogP contribution >= 0.6 is 0 Å². The zero-order valence-corrected chi connectivity index (χ0v) is 44.6. The fraction of sp³-hybridized carbons (Fsp3) is 0.769. The third kappa shape index (κ3) is 13.4. The van der Waals surface area contributed by atoms with Crippen LogP contribution in [0.5, 0.6) is 5.75 Å². The van der Waals surface area contributed by atoms with Crippen LogP contribution in [0.3, 0.4) is 0 Å². The van der Waals surface area contributed by atoms with Crippen molar-refractivity contribution in [2.75, 3.05) is 45.7 Å². The van der Waals surface area contributed by atoms with E-state index in [9.17, 15) is 30.0 Å². The number of carbonyl (C=O) groups excluding carboxylic acids is 2. The Morgan fingerprint density at radius 2 is 1.59 bits per heavy atom. The summed E-state index contributed by atoms with van der Waals surface area (Å²) in [4.78, 5) is 40.5. The largest absolute Gasteiger partial charge is 0.483 e. The van der Waals surface area contributed by atoms with Gasteiger partial charge < -0.3 is 69.1 Å². The van der Waals surface area contributed by atoms with Gasteiger partial charge in [-0.05, 0) is 111 Å². The summed E-state index contributed by atoms with van der Waals surface area (Å²) in [7, 11) is 4.80. The van der Waals surface area contributed by atoms with E-state index in [0.29, 0.717) is 25.3 Å². The Hall–Kier alpha value is -3.60. The zero-order chi connectivity index (χ0) is 52.6. The van der Waals surface area contributed by atoms with Crippen LogP contribution in [0.15, 0.2) is 48.8 Å². The maximum Gasteiger partial charge on any atom is 0.326 e. The molecule has 1 aromatic heterocycles. The first-order valence-corrected chi connectivity index (χ1v) is 25.5. The number of benzene rings is 1. The van der Waals surface area contributed by atoms with Gasteiger partial charge in [0.25, 0.3) is 0 Å². The van der Waals surface area contributed by atoms with E-state index in [1.165, 1.54) is 18.9 Å². The number of likely N-dealkylation sites (N-methyl/N-ethyl adjacent to an activating group) is 1. The van der Waals surface area contributed by atoms with Gasteiger partial charge in [0.2, 0.25) is 5.95 Å². The molecule has 0 radical (unpaired) electrons. The van der Waals surface area contributed by atoms with Crippen molar-refractivity contribution in [3.63, 3.8) is 0 Å². The molecule has 2 amide bonds. The van der Waals surface area contributed by atoms with Crippen LogP contribution in [0.25, 0.3) is 0 Å². The highest BCUT2D eigenvalue weighted by Gasteiger charge is 2.58. The van der Waals surface area contributed by atoms with Crippen molar-refractivity contribution in [3.8, 4) is 5.75 Å². The van der Waals surface area contributed by atoms with Gasteiger partial charge in [0.1, 0.15) is 34.8 Å². The Bertz CT molecular complexity index is 1970. The molecule has 71 heavy (non-hydrogen) atoms. The van der Waals surface area contributed by atoms with Gasteiger partial charge in [0.15, 0.2) is 18.7 Å². The predicted octanol–water partition coefficient (Wildman–Crippen LogP) is 4.43. The average molecular weight is 1000 g/mol. The van der Waals surface area contributed by atoms with Crippen molar-refractivity contribution < 1.29 is 63.2 Å². The third-order valence-corrected chi connectivity index (χ3v) is 15.3. The lowest BCUT2D eigenvalue weighted by molar-refractivity contribution is -0.335. The predicted molar refractivity (Wildman–Crippen MR) is 266 cm³/mol. The molecule has 2 aromatic rings. The quantitative estimate of drug-likeness (QED) is 0.113. The third-order valence-electron chi connectivity index (χ3n) is 15.3. The first-order valence-electron chi connectivity index (χ1n) is 25.5. The number of aliphatic hydroxyl groups excluding tert-OH is 1. The van der Waals surface area contributed by atoms with E-state index in [1.54, 1.807) is 91.1 Å². The number of esters is 1. The smallest absolute Gasteiger partial charge is 0.326 e. The SMILES string of the molecule is CCCNC[C@]1(O)[C@H](C)O[C@@H](O[C@H]2[C@H](C)[C@@H](O[C@@H]3O[C@H](C)C[C@H](N(C)C(=O)N(C)c4ncccn4)[C@H]3Oc3ccccc3)[C@](C)(O)C[C@@H](C)CN[C@H](C)[C@@H](O)[C@](C)(O)[C@@H](CC)OC(=O)[C@@H]2C)C[C@@]1(C)OC. The van der Waals surface area contributed by atoms with Gasteiger partial charge in [-0.15, -0.1) is 0 Å². The maximum absolute atomic E-state index is 14.7. The van der Waals surface area contributed by atoms with Crippen molar-refractivity contribution in [2.24, 2.45) is 17.8 Å². The fourth-order valence-electron chi connectivity index (χ4n) is 10.8. The number of anilines is 1. The van der Waals surface area contributed by atoms with Crippen molar-refractivity contribution in [1.29, 1.82) is 0 Å². The minimum Gasteiger partial charge on any atom is -0.483 e. The second kappa shape index (κ2) is 24.6. The lowest BCUT2D eigenvalue weighted by Crippen LogP contribution is -2.70. The molecule has 0 unspecified atom stereocenters. The van der Waals surface area contributed by atoms with Crippen LogP contribution in [0.2, 0.25) is 0 Å². The Morgan fingerprint density at radius 1 is 0.930 bits per heavy atom. The molecule has 0 bridgehead atoms. The van der Waals surface area contributed by atoms with Crippen LogP contribution < -0.4 is 20.3 Å². The number of hydrogen-bond acceptors (Lipinski definition) is 17. The number of urea groups is 1. The Morgan fingerprint density at radius 3 is 2.21 bits per heavy atom. The minimum atomic E-state index is -1.87. The van der Waals surface area contributed by atoms with E-state index in [1.807, 2.05) is 45.9 Å². The van der Waals surface area contributed by atoms with Gasteiger partial charge in [0.05, 0.1) is 42.0 Å². The number of methoxy groups -OCH3 is 1. The van der Waals surface area contributed by atoms with Gasteiger partial charge in [-0.1, -0.05) is 45.9 Å². The van der Waals surface area contributed by atoms with Gasteiger partial charge in [-0.2, -0.15) is 0 Å². The molecule has 5 rings (SSSR count). The molecule has 3 aliphatic rings. The standard InChI is InChI=1S/C52H86N6O13/c1-15-23-53-30-52(64)36(8)67-40(28-50(52,10)65-14)70-41-33(5)44(49(9,62)27-31(3)29-56-35(7)43(59)51(11,63)39(16-2)69-45(60)34(41)6)71-46-42(68-37-21-18-17-19-22-37)38(26-32(4)66-46)57(12)48(61)58(13)47-54-24-20-25-55-47/h17-22,24-25,31-36,38-44,46,53,56,59,62-64H,15-16,23,26-30H2,1-14H3/t31-,32-,33+,34-,35-,36+,38+,39-,40+,41+,42-,43-,44-,46+,49-,50-,51-,52+/m1/s1. The highest BCUT2D eigenvalue weighted by Crippen LogP contribution is 2.43. The molecule has 0 aliphatic carbocycles. The maximum atomic E-state index is 14.7. The molecule has 19 nitrogen and oxygen atoms in total. The van der Waals surface area contributed by atoms with Crippen molar-refractivity contribution in [3.05, 3.63) is 48.8 Å². The summed E-state index contributed by atoms with van der Waals surface area (Å²) in [5.74, 6) is -2.27. The monoisotopic (exact) mass is 1000 g/mol. The van der Waals surface area contributed by atoms with Gasteiger partial charge in [-0.3, -0.25) is 9.69 Å². The second-order valence-electron chi connectivity index (χ2n) is 21.1. The van der Waals surface area contributed by atoms with E-state index in [-0.39, 0.29) is 37.7 Å². The Labute approximate surface area is 421 Å². The van der Waals surface area contributed by atoms with Crippen molar-refractivity contribution in [2.45, 2.75) is 198 Å². The number of amides is 2. The molecule has 6 N–H and O–H groups in total. The molecule has 3 fully saturated rings. The number of nitrogens with one attached hydrogen (secondary N) is 2. The van der Waals surface area contributed by atoms with Gasteiger partial charge in [-0.25, -0.2) is 14.8 Å². The highest BCUT2D eigenvalue weighted by atomic mass is 16.7. The summed E-state index contributed by atoms with van der Waals surface area (Å²) in [6.45, 7) is 20.7. The summed E-state index contributed by atoms with van der Waals surface area (Å²) in [5.41, 5.74) is -6.24. The summed E-state index contributed by atoms with van der Waals surface area (Å²) in [6.07, 6.45) is -4.69. The number of carbonyl (C=O) groups is 2. The van der Waals surface area contributed by atoms with E-state index in [4.69, 9.17) is 33.2 Å². The molecule has 19 heteroatoms. The number of cyclic esters (lactones) is 1. The van der Waals surface area contributed by atoms with Crippen molar-refractivity contribution in [1.82, 2.24) is 25.5 Å². The zero-order valence-electron chi connectivity index (χ0n) is 44.6. The minimum absolute atomic E-state index is 0.0465. The molecule has 4 heterocycles. The number of ether oxygens (including phenoxy) is 7. The molecule has 402 valence electrons. The van der Waals surface area contributed by atoms with Crippen LogP contribution in [-0.2, 0) is 33.2 Å². The van der Waals surface area contributed by atoms with E-state index in [2.05, 4.69) is 20.6 Å². The van der Waals surface area contributed by atoms with Gasteiger partial charge >= 0.3 is 12.0 Å². The van der Waals surface area contributed by atoms with Crippen LogP contribution in [0.1, 0.15) is 108 Å². The molecule has 0 saturated carbocycles. The number of rotatable bonds is 14. The summed E-state index contributed by atoms with van der Waals surface area (Å²) < 4.78 is 46.5. The molecule has 1 aromatic carbocycles. The lowest BCUT2D eigenvalue weighted by Gasteiger charge is -2.53. The number of nitrogens with zero attached hydrogens (tertiary/aromatic N) is 4. The Kier molecular flexibility index (Phi) is 20.2. The van der Waals surface area contributed by atoms with E-state index >= 15 is 0 Å². The van der Waals surface area contributed by atoms with Gasteiger partial charge in [0, 0.05) is 58.5 Å². The average Bonchev–Trinajstić information content (AvgIpc) is 3.34. The molecular formula is C52H86N6O13. The first kappa shape index (κ1) is 58.3. The van der Waals surface area contributed by atoms with Crippen LogP contribution in [0, 0.1) is 17.8 Å². The normalized spacial score (nSPS) is 39.9. The number of aromatic nitrogens is 2. The molecule has 3 saturated heterocycles. The van der Waals surface area contributed by atoms with Crippen molar-refractivity contribution >= 4 is 17.9 Å². The Balaban J connectivity index is 1.63. The van der Waals surface area contributed by atoms with E-state index < -0.39 is 114 Å². The molecular weight excluding hydrogens is 917 g/mol. The highest BCUT2D eigenvalue weighted by molar-refractivity contribution is 5.89. The summed E-state index contributed by atoms with van der Waals surface area (Å²) in [6, 6.07) is 9.07. The summed E-state index contributed by atoms with van der Waals surface area (Å²) >= 11 is 0. The van der Waals surface area contributed by atoms with E-state index in [0.717, 1.165) is 6.42 Å².